The summed E-state index contributed by atoms with van der Waals surface area (Å²) in [7, 11) is 1.32. The lowest BCUT2D eigenvalue weighted by Gasteiger charge is -2.14. The Morgan fingerprint density at radius 3 is 2.23 bits per heavy atom. The third-order valence-corrected chi connectivity index (χ3v) is 3.55. The van der Waals surface area contributed by atoms with Crippen LogP contribution in [0.3, 0.4) is 0 Å². The zero-order valence-corrected chi connectivity index (χ0v) is 17.2. The highest BCUT2D eigenvalue weighted by Gasteiger charge is 2.23. The van der Waals surface area contributed by atoms with Crippen molar-refractivity contribution in [3.63, 3.8) is 0 Å². The largest absolute Gasteiger partial charge is 0.494 e. The Morgan fingerprint density at radius 1 is 1.03 bits per heavy atom. The number of carbonyl (C=O) groups is 2. The zero-order valence-electron chi connectivity index (χ0n) is 17.2. The molecule has 30 heavy (non-hydrogen) atoms. The predicted molar refractivity (Wildman–Crippen MR) is 116 cm³/mol. The highest BCUT2D eigenvalue weighted by atomic mass is 19.1. The number of allylic oxidation sites excluding steroid dienone is 1. The van der Waals surface area contributed by atoms with Crippen LogP contribution < -0.4 is 14.8 Å². The number of ether oxygens (including phenoxy) is 3. The minimum absolute atomic E-state index is 0. The number of esters is 1. The predicted octanol–water partition coefficient (Wildman–Crippen LogP) is 5.58. The van der Waals surface area contributed by atoms with Crippen LogP contribution in [0.1, 0.15) is 40.7 Å². The van der Waals surface area contributed by atoms with Gasteiger partial charge in [-0.1, -0.05) is 51.6 Å². The van der Waals surface area contributed by atoms with Crippen LogP contribution in [0, 0.1) is 5.82 Å². The first-order chi connectivity index (χ1) is 14.0. The van der Waals surface area contributed by atoms with Crippen molar-refractivity contribution >= 4 is 17.6 Å². The highest BCUT2D eigenvalue weighted by molar-refractivity contribution is 6.17. The number of para-hydroxylation sites is 1. The molecule has 2 rings (SSSR count). The summed E-state index contributed by atoms with van der Waals surface area (Å²) < 4.78 is 29.8. The Morgan fingerprint density at radius 2 is 1.67 bits per heavy atom. The van der Waals surface area contributed by atoms with Gasteiger partial charge in [-0.3, -0.25) is 5.32 Å². The Balaban J connectivity index is 0.00000272. The molecular formula is C23H30FNO5. The third-order valence-electron chi connectivity index (χ3n) is 3.55. The van der Waals surface area contributed by atoms with Crippen LogP contribution in [-0.2, 0) is 9.53 Å². The Bertz CT molecular complexity index is 850. The molecule has 164 valence electrons. The van der Waals surface area contributed by atoms with Crippen LogP contribution in [0.5, 0.6) is 11.5 Å². The molecule has 0 aromatic heterocycles. The summed E-state index contributed by atoms with van der Waals surface area (Å²) in [4.78, 5) is 24.5. The van der Waals surface area contributed by atoms with Crippen LogP contribution in [0.15, 0.2) is 54.2 Å². The van der Waals surface area contributed by atoms with E-state index in [-0.39, 0.29) is 36.6 Å². The second kappa shape index (κ2) is 13.8. The second-order valence-electron chi connectivity index (χ2n) is 5.37. The van der Waals surface area contributed by atoms with E-state index < -0.39 is 17.9 Å². The first-order valence-electron chi connectivity index (χ1n) is 9.22. The van der Waals surface area contributed by atoms with Crippen LogP contribution >= 0.6 is 0 Å². The van der Waals surface area contributed by atoms with Crippen molar-refractivity contribution in [2.24, 2.45) is 0 Å². The lowest BCUT2D eigenvalue weighted by Crippen LogP contribution is -2.27. The minimum Gasteiger partial charge on any atom is -0.494 e. The molecule has 0 unspecified atom stereocenters. The molecule has 0 spiro atoms. The summed E-state index contributed by atoms with van der Waals surface area (Å²) in [5.41, 5.74) is -0.0925. The zero-order chi connectivity index (χ0) is 21.8. The number of methoxy groups -OCH3 is 1. The van der Waals surface area contributed by atoms with Gasteiger partial charge in [0, 0.05) is 11.3 Å². The Kier molecular flexibility index (Phi) is 12.2. The summed E-state index contributed by atoms with van der Waals surface area (Å²) >= 11 is 0. The molecule has 1 N–H and O–H groups in total. The van der Waals surface area contributed by atoms with Crippen molar-refractivity contribution in [3.8, 4) is 11.5 Å². The minimum atomic E-state index is -0.816. The van der Waals surface area contributed by atoms with Gasteiger partial charge in [-0.25, -0.2) is 14.0 Å². The number of hydrogen-bond donors (Lipinski definition) is 1. The van der Waals surface area contributed by atoms with E-state index in [4.69, 9.17) is 14.2 Å². The molecule has 2 aromatic carbocycles. The third kappa shape index (κ3) is 7.24. The average molecular weight is 419 g/mol. The molecule has 0 atom stereocenters. The van der Waals surface area contributed by atoms with Crippen molar-refractivity contribution in [2.75, 3.05) is 13.7 Å². The maximum Gasteiger partial charge on any atom is 0.416 e. The maximum absolute atomic E-state index is 14.7. The number of hydrogen-bond acceptors (Lipinski definition) is 5. The van der Waals surface area contributed by atoms with Crippen LogP contribution in [0.25, 0.3) is 5.57 Å². The molecule has 0 radical (unpaired) electrons. The number of amides is 1. The van der Waals surface area contributed by atoms with Gasteiger partial charge < -0.3 is 14.2 Å². The summed E-state index contributed by atoms with van der Waals surface area (Å²) in [5.74, 6) is -1.22. The number of nitrogens with one attached hydrogen (secondary N) is 1. The molecule has 1 amide bonds. The van der Waals surface area contributed by atoms with E-state index in [2.05, 4.69) is 5.32 Å². The van der Waals surface area contributed by atoms with E-state index in [1.807, 2.05) is 13.8 Å². The fourth-order valence-corrected chi connectivity index (χ4v) is 2.37. The number of halogens is 1. The van der Waals surface area contributed by atoms with E-state index in [9.17, 15) is 14.0 Å². The summed E-state index contributed by atoms with van der Waals surface area (Å²) in [5, 5.41) is 2.44. The molecule has 0 aliphatic heterocycles. The van der Waals surface area contributed by atoms with Gasteiger partial charge in [0.25, 0.3) is 0 Å². The molecule has 2 aromatic rings. The summed E-state index contributed by atoms with van der Waals surface area (Å²) in [6, 6.07) is 12.8. The van der Waals surface area contributed by atoms with Crippen molar-refractivity contribution in [1.82, 2.24) is 5.32 Å². The average Bonchev–Trinajstić information content (AvgIpc) is 2.72. The van der Waals surface area contributed by atoms with E-state index in [1.165, 1.54) is 32.2 Å². The topological polar surface area (TPSA) is 73.9 Å². The molecule has 0 saturated carbocycles. The molecule has 0 bridgehead atoms. The SMILES string of the molecule is C.CC.CCOC(=O)/C(=C(/C)NC(=O)Oc1ccccc1)c1cccc(OC)c1F. The number of carbonyl (C=O) groups excluding carboxylic acids is 2. The van der Waals surface area contributed by atoms with E-state index in [0.29, 0.717) is 5.75 Å². The molecule has 0 aliphatic rings. The maximum atomic E-state index is 14.7. The van der Waals surface area contributed by atoms with Gasteiger partial charge in [0.15, 0.2) is 11.6 Å². The molecular weight excluding hydrogens is 389 g/mol. The highest BCUT2D eigenvalue weighted by Crippen LogP contribution is 2.28. The fourth-order valence-electron chi connectivity index (χ4n) is 2.37. The van der Waals surface area contributed by atoms with Gasteiger partial charge in [-0.2, -0.15) is 0 Å². The van der Waals surface area contributed by atoms with Crippen molar-refractivity contribution in [2.45, 2.75) is 35.1 Å². The van der Waals surface area contributed by atoms with Gasteiger partial charge in [0.2, 0.25) is 0 Å². The summed E-state index contributed by atoms with van der Waals surface area (Å²) in [6.07, 6.45) is -0.816. The van der Waals surface area contributed by atoms with E-state index in [0.717, 1.165) is 0 Å². The Hall–Kier alpha value is -3.35. The fraction of sp³-hybridized carbons (Fsp3) is 0.304. The normalized spacial score (nSPS) is 10.3. The van der Waals surface area contributed by atoms with E-state index in [1.54, 1.807) is 37.3 Å². The van der Waals surface area contributed by atoms with Gasteiger partial charge >= 0.3 is 12.1 Å². The quantitative estimate of drug-likeness (QED) is 0.489. The molecule has 0 fully saturated rings. The van der Waals surface area contributed by atoms with Crippen LogP contribution in [0.4, 0.5) is 9.18 Å². The molecule has 0 saturated heterocycles. The number of rotatable bonds is 6. The van der Waals surface area contributed by atoms with Gasteiger partial charge in [0.1, 0.15) is 5.75 Å². The monoisotopic (exact) mass is 419 g/mol. The van der Waals surface area contributed by atoms with Gasteiger partial charge in [0.05, 0.1) is 19.3 Å². The summed E-state index contributed by atoms with van der Waals surface area (Å²) in [6.45, 7) is 7.18. The first-order valence-corrected chi connectivity index (χ1v) is 9.22. The van der Waals surface area contributed by atoms with Crippen molar-refractivity contribution < 1.29 is 28.2 Å². The molecule has 0 aliphatic carbocycles. The first kappa shape index (κ1) is 26.6. The number of benzene rings is 2. The smallest absolute Gasteiger partial charge is 0.416 e. The van der Waals surface area contributed by atoms with Gasteiger partial charge in [-0.15, -0.1) is 0 Å². The van der Waals surface area contributed by atoms with Crippen LogP contribution in [-0.4, -0.2) is 25.8 Å². The molecule has 7 heteroatoms. The van der Waals surface area contributed by atoms with Crippen molar-refractivity contribution in [1.29, 1.82) is 0 Å². The van der Waals surface area contributed by atoms with Crippen molar-refractivity contribution in [3.05, 3.63) is 65.6 Å². The lowest BCUT2D eigenvalue weighted by molar-refractivity contribution is -0.136. The molecule has 0 heterocycles. The van der Waals surface area contributed by atoms with Crippen LogP contribution in [0.2, 0.25) is 0 Å². The van der Waals surface area contributed by atoms with E-state index >= 15 is 0 Å². The van der Waals surface area contributed by atoms with Gasteiger partial charge in [-0.05, 0) is 32.0 Å². The molecule has 6 nitrogen and oxygen atoms in total. The standard InChI is InChI=1S/C20H20FNO5.C2H6.CH4/c1-4-26-19(23)17(15-11-8-12-16(25-3)18(15)21)13(2)22-20(24)27-14-9-6-5-7-10-14;1-2;/h5-12H,4H2,1-3H3,(H,22,24);1-2H3;1H4/b17-13-;;. The second-order valence-corrected chi connectivity index (χ2v) is 5.37. The Labute approximate surface area is 177 Å². The lowest BCUT2D eigenvalue weighted by atomic mass is 10.0.